The number of thioether (sulfide) groups is 1. The summed E-state index contributed by atoms with van der Waals surface area (Å²) < 4.78 is 1.74. The van der Waals surface area contributed by atoms with Crippen molar-refractivity contribution in [2.45, 2.75) is 44.4 Å². The zero-order valence-electron chi connectivity index (χ0n) is 19.9. The van der Waals surface area contributed by atoms with E-state index in [4.69, 9.17) is 4.98 Å². The van der Waals surface area contributed by atoms with Gasteiger partial charge < -0.3 is 9.80 Å². The Kier molecular flexibility index (Phi) is 9.51. The van der Waals surface area contributed by atoms with Crippen LogP contribution in [0, 0.1) is 0 Å². The van der Waals surface area contributed by atoms with Crippen molar-refractivity contribution in [3.05, 3.63) is 70.5 Å². The normalized spacial score (nSPS) is 11.3. The summed E-state index contributed by atoms with van der Waals surface area (Å²) in [6.45, 7) is 4.77. The predicted molar refractivity (Wildman–Crippen MR) is 137 cm³/mol. The molecular formula is C26H34N4O2S. The first-order chi connectivity index (χ1) is 16.0. The van der Waals surface area contributed by atoms with E-state index >= 15 is 0 Å². The Morgan fingerprint density at radius 1 is 1.00 bits per heavy atom. The number of aromatic nitrogens is 2. The first kappa shape index (κ1) is 25.0. The number of benzene rings is 2. The summed E-state index contributed by atoms with van der Waals surface area (Å²) in [5, 5.41) is 1.41. The Balaban J connectivity index is 1.53. The summed E-state index contributed by atoms with van der Waals surface area (Å²) in [5.74, 6) is 1.02. The third-order valence-electron chi connectivity index (χ3n) is 5.55. The second kappa shape index (κ2) is 12.6. The summed E-state index contributed by atoms with van der Waals surface area (Å²) in [4.78, 5) is 34.4. The molecule has 0 aliphatic heterocycles. The monoisotopic (exact) mass is 466 g/mol. The first-order valence-electron chi connectivity index (χ1n) is 11.6. The lowest BCUT2D eigenvalue weighted by molar-refractivity contribution is -0.132. The minimum absolute atomic E-state index is 0.0122. The molecule has 0 aliphatic carbocycles. The molecule has 0 unspecified atom stereocenters. The zero-order chi connectivity index (χ0) is 23.6. The van der Waals surface area contributed by atoms with Gasteiger partial charge in [0.15, 0.2) is 5.16 Å². The van der Waals surface area contributed by atoms with Gasteiger partial charge in [0.2, 0.25) is 5.91 Å². The fraction of sp³-hybridized carbons (Fsp3) is 0.423. The molecule has 0 saturated heterocycles. The van der Waals surface area contributed by atoms with Crippen LogP contribution in [0.4, 0.5) is 0 Å². The van der Waals surface area contributed by atoms with Crippen LogP contribution in [0.25, 0.3) is 10.9 Å². The highest BCUT2D eigenvalue weighted by atomic mass is 32.2. The molecule has 0 spiro atoms. The molecule has 1 amide bonds. The number of hydrogen-bond acceptors (Lipinski definition) is 5. The van der Waals surface area contributed by atoms with Gasteiger partial charge in [0, 0.05) is 38.4 Å². The zero-order valence-corrected chi connectivity index (χ0v) is 20.7. The van der Waals surface area contributed by atoms with E-state index in [2.05, 4.69) is 17.0 Å². The summed E-state index contributed by atoms with van der Waals surface area (Å²) in [6, 6.07) is 17.6. The molecule has 7 heteroatoms. The molecule has 0 atom stereocenters. The van der Waals surface area contributed by atoms with Gasteiger partial charge in [-0.3, -0.25) is 14.2 Å². The van der Waals surface area contributed by atoms with Gasteiger partial charge in [-0.05, 0) is 51.6 Å². The maximum Gasteiger partial charge on any atom is 0.262 e. The first-order valence-corrected chi connectivity index (χ1v) is 12.6. The van der Waals surface area contributed by atoms with Crippen molar-refractivity contribution in [3.8, 4) is 0 Å². The molecule has 176 valence electrons. The summed E-state index contributed by atoms with van der Waals surface area (Å²) >= 11 is 1.60. The summed E-state index contributed by atoms with van der Waals surface area (Å²) in [6.07, 6.45) is 2.26. The average Bonchev–Trinajstić information content (AvgIpc) is 2.82. The Labute approximate surface area is 200 Å². The van der Waals surface area contributed by atoms with Crippen LogP contribution in [-0.4, -0.2) is 58.2 Å². The molecule has 33 heavy (non-hydrogen) atoms. The molecule has 0 N–H and O–H groups in total. The van der Waals surface area contributed by atoms with Gasteiger partial charge in [-0.25, -0.2) is 4.98 Å². The Hall–Kier alpha value is -2.64. The molecule has 2 aromatic carbocycles. The van der Waals surface area contributed by atoms with Crippen molar-refractivity contribution in [2.75, 3.05) is 32.9 Å². The van der Waals surface area contributed by atoms with E-state index in [1.54, 1.807) is 16.3 Å². The van der Waals surface area contributed by atoms with Gasteiger partial charge in [0.25, 0.3) is 5.56 Å². The van der Waals surface area contributed by atoms with E-state index in [-0.39, 0.29) is 11.5 Å². The minimum atomic E-state index is 0.0122. The van der Waals surface area contributed by atoms with Gasteiger partial charge >= 0.3 is 0 Å². The molecule has 0 bridgehead atoms. The number of hydrogen-bond donors (Lipinski definition) is 0. The Morgan fingerprint density at radius 2 is 1.73 bits per heavy atom. The van der Waals surface area contributed by atoms with Crippen LogP contribution in [0.3, 0.4) is 0 Å². The van der Waals surface area contributed by atoms with Gasteiger partial charge in [0.05, 0.1) is 10.9 Å². The van der Waals surface area contributed by atoms with Crippen molar-refractivity contribution in [1.29, 1.82) is 0 Å². The number of unbranched alkanes of at least 4 members (excludes halogenated alkanes) is 1. The van der Waals surface area contributed by atoms with Crippen molar-refractivity contribution < 1.29 is 4.79 Å². The number of rotatable bonds is 12. The van der Waals surface area contributed by atoms with E-state index in [1.807, 2.05) is 68.4 Å². The van der Waals surface area contributed by atoms with Crippen LogP contribution in [-0.2, 0) is 17.9 Å². The maximum absolute atomic E-state index is 12.9. The number of likely N-dealkylation sites (N-methyl/N-ethyl adjacent to an activating group) is 1. The largest absolute Gasteiger partial charge is 0.337 e. The lowest BCUT2D eigenvalue weighted by Crippen LogP contribution is -2.36. The number of para-hydroxylation sites is 1. The van der Waals surface area contributed by atoms with E-state index in [9.17, 15) is 9.59 Å². The van der Waals surface area contributed by atoms with Crippen molar-refractivity contribution >= 4 is 28.6 Å². The number of fused-ring (bicyclic) bond motifs is 1. The summed E-state index contributed by atoms with van der Waals surface area (Å²) in [7, 11) is 4.05. The van der Waals surface area contributed by atoms with Crippen molar-refractivity contribution in [3.63, 3.8) is 0 Å². The molecule has 1 aromatic heterocycles. The third kappa shape index (κ3) is 7.17. The van der Waals surface area contributed by atoms with Gasteiger partial charge in [0.1, 0.15) is 0 Å². The molecule has 0 fully saturated rings. The van der Waals surface area contributed by atoms with Crippen LogP contribution >= 0.6 is 11.8 Å². The van der Waals surface area contributed by atoms with Crippen molar-refractivity contribution in [2.24, 2.45) is 0 Å². The second-order valence-electron chi connectivity index (χ2n) is 8.37. The Morgan fingerprint density at radius 3 is 2.45 bits per heavy atom. The molecular weight excluding hydrogens is 432 g/mol. The standard InChI is InChI=1S/C26H34N4O2S/c1-4-30-25(32)22-14-8-9-15-23(22)27-26(30)33-19-11-10-16-24(31)29(18-17-28(2)3)20-21-12-6-5-7-13-21/h5-9,12-15H,4,10-11,16-20H2,1-3H3. The molecule has 1 heterocycles. The molecule has 0 radical (unpaired) electrons. The average molecular weight is 467 g/mol. The second-order valence-corrected chi connectivity index (χ2v) is 9.43. The molecule has 3 aromatic rings. The van der Waals surface area contributed by atoms with Crippen LogP contribution in [0.15, 0.2) is 64.5 Å². The molecule has 6 nitrogen and oxygen atoms in total. The smallest absolute Gasteiger partial charge is 0.262 e. The number of carbonyl (C=O) groups is 1. The van der Waals surface area contributed by atoms with E-state index in [0.717, 1.165) is 47.9 Å². The number of amides is 1. The molecule has 3 rings (SSSR count). The number of carbonyl (C=O) groups excluding carboxylic acids is 1. The lowest BCUT2D eigenvalue weighted by Gasteiger charge is -2.24. The molecule has 0 aliphatic rings. The minimum Gasteiger partial charge on any atom is -0.337 e. The highest BCUT2D eigenvalue weighted by Gasteiger charge is 2.15. The predicted octanol–water partition coefficient (Wildman–Crippen LogP) is 4.27. The van der Waals surface area contributed by atoms with Crippen LogP contribution < -0.4 is 5.56 Å². The van der Waals surface area contributed by atoms with Gasteiger partial charge in [-0.2, -0.15) is 0 Å². The third-order valence-corrected chi connectivity index (χ3v) is 6.61. The highest BCUT2D eigenvalue weighted by molar-refractivity contribution is 7.99. The fourth-order valence-electron chi connectivity index (χ4n) is 3.65. The van der Waals surface area contributed by atoms with Crippen LogP contribution in [0.5, 0.6) is 0 Å². The Bertz CT molecular complexity index is 1100. The SMILES string of the molecule is CCn1c(SCCCCC(=O)N(CCN(C)C)Cc2ccccc2)nc2ccccc2c1=O. The lowest BCUT2D eigenvalue weighted by atomic mass is 10.2. The molecule has 0 saturated carbocycles. The van der Waals surface area contributed by atoms with Crippen LogP contribution in [0.1, 0.15) is 31.7 Å². The van der Waals surface area contributed by atoms with Gasteiger partial charge in [-0.1, -0.05) is 54.2 Å². The maximum atomic E-state index is 12.9. The fourth-order valence-corrected chi connectivity index (χ4v) is 4.71. The quantitative estimate of drug-likeness (QED) is 0.227. The summed E-state index contributed by atoms with van der Waals surface area (Å²) in [5.41, 5.74) is 1.90. The van der Waals surface area contributed by atoms with E-state index in [1.165, 1.54) is 0 Å². The van der Waals surface area contributed by atoms with Crippen molar-refractivity contribution in [1.82, 2.24) is 19.4 Å². The highest BCUT2D eigenvalue weighted by Crippen LogP contribution is 2.19. The number of nitrogens with zero attached hydrogens (tertiary/aromatic N) is 4. The van der Waals surface area contributed by atoms with E-state index < -0.39 is 0 Å². The van der Waals surface area contributed by atoms with Crippen LogP contribution in [0.2, 0.25) is 0 Å². The topological polar surface area (TPSA) is 58.4 Å². The van der Waals surface area contributed by atoms with E-state index in [0.29, 0.717) is 24.9 Å². The van der Waals surface area contributed by atoms with Gasteiger partial charge in [-0.15, -0.1) is 0 Å².